The number of hydrogen-bond donors (Lipinski definition) is 2. The molecule has 1 aromatic heterocycles. The number of methoxy groups -OCH3 is 1. The molecule has 0 amide bonds. The van der Waals surface area contributed by atoms with Crippen molar-refractivity contribution in [3.05, 3.63) is 53.2 Å². The third-order valence-corrected chi connectivity index (χ3v) is 6.21. The number of halogens is 2. The van der Waals surface area contributed by atoms with E-state index in [0.717, 1.165) is 56.4 Å². The zero-order valence-electron chi connectivity index (χ0n) is 17.4. The Balaban J connectivity index is 0.00000256. The molecule has 0 bridgehead atoms. The molecule has 1 atom stereocenters. The number of nitrogens with zero attached hydrogens (tertiary/aromatic N) is 3. The lowest BCUT2D eigenvalue weighted by Crippen LogP contribution is -2.46. The summed E-state index contributed by atoms with van der Waals surface area (Å²) in [6, 6.07) is 12.4. The number of aromatic nitrogens is 1. The standard InChI is InChI=1S/C22H28ClN5O.HI/c1-24-21(26-15-22(10-11-22)17-6-3-4-8-19(17)29-2)27-16-9-13-28(14-16)20-18(23)7-5-12-25-20;/h3-8,12,16H,9-11,13-15H2,1-2H3,(H2,24,26,27);1H. The number of aliphatic imine (C=N–C) groups is 1. The Labute approximate surface area is 200 Å². The molecule has 162 valence electrons. The zero-order chi connectivity index (χ0) is 20.3. The van der Waals surface area contributed by atoms with Crippen LogP contribution in [0.3, 0.4) is 0 Å². The van der Waals surface area contributed by atoms with E-state index in [1.807, 2.05) is 31.3 Å². The van der Waals surface area contributed by atoms with Crippen LogP contribution in [0.1, 0.15) is 24.8 Å². The first kappa shape index (κ1) is 22.9. The molecule has 0 radical (unpaired) electrons. The lowest BCUT2D eigenvalue weighted by Gasteiger charge is -2.23. The topological polar surface area (TPSA) is 61.8 Å². The van der Waals surface area contributed by atoms with Crippen LogP contribution in [0, 0.1) is 0 Å². The minimum atomic E-state index is 0. The fraction of sp³-hybridized carbons (Fsp3) is 0.455. The van der Waals surface area contributed by atoms with Gasteiger partial charge in [-0.1, -0.05) is 29.8 Å². The first-order valence-corrected chi connectivity index (χ1v) is 10.5. The number of guanidine groups is 1. The van der Waals surface area contributed by atoms with Crippen molar-refractivity contribution in [3.63, 3.8) is 0 Å². The van der Waals surface area contributed by atoms with Gasteiger partial charge in [0.05, 0.1) is 12.1 Å². The second-order valence-corrected chi connectivity index (χ2v) is 8.20. The molecule has 2 heterocycles. The molecule has 30 heavy (non-hydrogen) atoms. The summed E-state index contributed by atoms with van der Waals surface area (Å²) >= 11 is 6.30. The highest BCUT2D eigenvalue weighted by molar-refractivity contribution is 14.0. The van der Waals surface area contributed by atoms with Crippen molar-refractivity contribution in [1.29, 1.82) is 0 Å². The number of ether oxygens (including phenoxy) is 1. The minimum Gasteiger partial charge on any atom is -0.496 e. The second-order valence-electron chi connectivity index (χ2n) is 7.79. The predicted octanol–water partition coefficient (Wildman–Crippen LogP) is 3.84. The summed E-state index contributed by atoms with van der Waals surface area (Å²) in [5, 5.41) is 7.80. The quantitative estimate of drug-likeness (QED) is 0.331. The molecule has 2 aromatic rings. The lowest BCUT2D eigenvalue weighted by molar-refractivity contribution is 0.403. The molecule has 1 saturated heterocycles. The number of pyridine rings is 1. The van der Waals surface area contributed by atoms with Gasteiger partial charge in [-0.15, -0.1) is 24.0 Å². The number of rotatable bonds is 6. The first-order valence-electron chi connectivity index (χ1n) is 10.1. The van der Waals surface area contributed by atoms with Gasteiger partial charge in [-0.25, -0.2) is 4.98 Å². The number of para-hydroxylation sites is 1. The summed E-state index contributed by atoms with van der Waals surface area (Å²) in [7, 11) is 3.56. The Hall–Kier alpha value is -1.74. The number of nitrogens with one attached hydrogen (secondary N) is 2. The average Bonchev–Trinajstić information content (AvgIpc) is 3.41. The van der Waals surface area contributed by atoms with Crippen molar-refractivity contribution >= 4 is 47.4 Å². The van der Waals surface area contributed by atoms with E-state index in [2.05, 4.69) is 37.6 Å². The van der Waals surface area contributed by atoms with Crippen molar-refractivity contribution in [2.24, 2.45) is 4.99 Å². The van der Waals surface area contributed by atoms with E-state index >= 15 is 0 Å². The van der Waals surface area contributed by atoms with E-state index < -0.39 is 0 Å². The van der Waals surface area contributed by atoms with Crippen LogP contribution in [-0.2, 0) is 5.41 Å². The van der Waals surface area contributed by atoms with Gasteiger partial charge in [-0.3, -0.25) is 4.99 Å². The van der Waals surface area contributed by atoms with Crippen LogP contribution in [0.15, 0.2) is 47.6 Å². The van der Waals surface area contributed by atoms with E-state index in [1.54, 1.807) is 13.3 Å². The van der Waals surface area contributed by atoms with Crippen molar-refractivity contribution < 1.29 is 4.74 Å². The summed E-state index contributed by atoms with van der Waals surface area (Å²) in [5.74, 6) is 2.66. The zero-order valence-corrected chi connectivity index (χ0v) is 20.5. The summed E-state index contributed by atoms with van der Waals surface area (Å²) in [6.45, 7) is 2.63. The summed E-state index contributed by atoms with van der Waals surface area (Å²) in [6.07, 6.45) is 5.13. The van der Waals surface area contributed by atoms with E-state index in [1.165, 1.54) is 5.56 Å². The summed E-state index contributed by atoms with van der Waals surface area (Å²) in [5.41, 5.74) is 1.41. The highest BCUT2D eigenvalue weighted by Crippen LogP contribution is 2.50. The molecule has 6 nitrogen and oxygen atoms in total. The van der Waals surface area contributed by atoms with E-state index in [4.69, 9.17) is 16.3 Å². The lowest BCUT2D eigenvalue weighted by atomic mass is 9.95. The monoisotopic (exact) mass is 541 g/mol. The van der Waals surface area contributed by atoms with Crippen LogP contribution in [-0.4, -0.2) is 50.8 Å². The van der Waals surface area contributed by atoms with E-state index in [0.29, 0.717) is 11.1 Å². The summed E-state index contributed by atoms with van der Waals surface area (Å²) < 4.78 is 5.58. The largest absolute Gasteiger partial charge is 0.496 e. The Morgan fingerprint density at radius 2 is 2.10 bits per heavy atom. The van der Waals surface area contributed by atoms with Crippen molar-refractivity contribution in [2.45, 2.75) is 30.7 Å². The fourth-order valence-electron chi connectivity index (χ4n) is 4.10. The van der Waals surface area contributed by atoms with Gasteiger partial charge in [0.1, 0.15) is 11.6 Å². The van der Waals surface area contributed by atoms with Crippen LogP contribution < -0.4 is 20.3 Å². The van der Waals surface area contributed by atoms with Crippen molar-refractivity contribution in [2.75, 3.05) is 38.7 Å². The van der Waals surface area contributed by atoms with Crippen LogP contribution >= 0.6 is 35.6 Å². The van der Waals surface area contributed by atoms with Crippen molar-refractivity contribution in [3.8, 4) is 5.75 Å². The van der Waals surface area contributed by atoms with Gasteiger partial charge in [0, 0.05) is 49.9 Å². The van der Waals surface area contributed by atoms with Gasteiger partial charge in [0.15, 0.2) is 5.96 Å². The van der Waals surface area contributed by atoms with E-state index in [-0.39, 0.29) is 29.4 Å². The van der Waals surface area contributed by atoms with Crippen LogP contribution in [0.4, 0.5) is 5.82 Å². The number of hydrogen-bond acceptors (Lipinski definition) is 4. The fourth-order valence-corrected chi connectivity index (χ4v) is 4.34. The van der Waals surface area contributed by atoms with Gasteiger partial charge in [-0.05, 0) is 37.5 Å². The minimum absolute atomic E-state index is 0. The smallest absolute Gasteiger partial charge is 0.191 e. The maximum absolute atomic E-state index is 6.30. The molecule has 8 heteroatoms. The van der Waals surface area contributed by atoms with Crippen LogP contribution in [0.2, 0.25) is 5.02 Å². The maximum atomic E-state index is 6.30. The van der Waals surface area contributed by atoms with Gasteiger partial charge in [0.2, 0.25) is 0 Å². The predicted molar refractivity (Wildman–Crippen MR) is 134 cm³/mol. The molecule has 1 aliphatic heterocycles. The number of benzene rings is 1. The normalized spacial score (nSPS) is 19.8. The number of anilines is 1. The molecule has 0 spiro atoms. The third-order valence-electron chi connectivity index (χ3n) is 5.92. The highest BCUT2D eigenvalue weighted by Gasteiger charge is 2.46. The SMILES string of the molecule is CN=C(NCC1(c2ccccc2OC)CC1)NC1CCN(c2ncccc2Cl)C1.I. The Bertz CT molecular complexity index is 889. The molecule has 1 unspecified atom stereocenters. The summed E-state index contributed by atoms with van der Waals surface area (Å²) in [4.78, 5) is 11.1. The molecule has 1 aromatic carbocycles. The molecule has 2 N–H and O–H groups in total. The van der Waals surface area contributed by atoms with Gasteiger partial charge in [-0.2, -0.15) is 0 Å². The molecule has 4 rings (SSSR count). The Kier molecular flexibility index (Phi) is 7.68. The molecule has 1 saturated carbocycles. The van der Waals surface area contributed by atoms with Gasteiger partial charge < -0.3 is 20.3 Å². The van der Waals surface area contributed by atoms with Crippen LogP contribution in [0.25, 0.3) is 0 Å². The molecular weight excluding hydrogens is 513 g/mol. The van der Waals surface area contributed by atoms with Gasteiger partial charge in [0.25, 0.3) is 0 Å². The second kappa shape index (κ2) is 10.0. The molecule has 2 aliphatic rings. The average molecular weight is 542 g/mol. The first-order chi connectivity index (χ1) is 14.1. The van der Waals surface area contributed by atoms with Crippen molar-refractivity contribution in [1.82, 2.24) is 15.6 Å². The maximum Gasteiger partial charge on any atom is 0.191 e. The van der Waals surface area contributed by atoms with E-state index in [9.17, 15) is 0 Å². The third kappa shape index (κ3) is 4.94. The van der Waals surface area contributed by atoms with Crippen LogP contribution in [0.5, 0.6) is 5.75 Å². The molecule has 2 fully saturated rings. The molecule has 1 aliphatic carbocycles. The Morgan fingerprint density at radius 3 is 2.80 bits per heavy atom. The van der Waals surface area contributed by atoms with Gasteiger partial charge >= 0.3 is 0 Å². The highest BCUT2D eigenvalue weighted by atomic mass is 127. The Morgan fingerprint density at radius 1 is 1.30 bits per heavy atom. The molecular formula is C22H29ClIN5O.